The number of pyridine rings is 1. The van der Waals surface area contributed by atoms with Gasteiger partial charge in [0.05, 0.1) is 11.0 Å². The van der Waals surface area contributed by atoms with Gasteiger partial charge in [-0.15, -0.1) is 0 Å². The van der Waals surface area contributed by atoms with Crippen molar-refractivity contribution in [2.45, 2.75) is 50.4 Å². The average Bonchev–Trinajstić information content (AvgIpc) is 2.88. The molecule has 0 spiro atoms. The van der Waals surface area contributed by atoms with E-state index in [2.05, 4.69) is 91.1 Å². The lowest BCUT2D eigenvalue weighted by Gasteiger charge is -2.22. The van der Waals surface area contributed by atoms with Crippen LogP contribution in [0.2, 0.25) is 0 Å². The molecule has 0 saturated carbocycles. The van der Waals surface area contributed by atoms with Crippen LogP contribution >= 0.6 is 0 Å². The van der Waals surface area contributed by atoms with Gasteiger partial charge in [-0.2, -0.15) is 0 Å². The van der Waals surface area contributed by atoms with Crippen LogP contribution in [0, 0.1) is 0 Å². The number of nitrogens with zero attached hydrogens (tertiary/aromatic N) is 1. The van der Waals surface area contributed by atoms with E-state index in [9.17, 15) is 0 Å². The molecule has 6 rings (SSSR count). The number of allylic oxidation sites excluding steroid dienone is 3. The van der Waals surface area contributed by atoms with Crippen LogP contribution in [-0.4, -0.2) is 4.98 Å². The van der Waals surface area contributed by atoms with Crippen molar-refractivity contribution in [3.05, 3.63) is 106 Å². The quantitative estimate of drug-likeness (QED) is 0.459. The summed E-state index contributed by atoms with van der Waals surface area (Å²) in [6.07, 6.45) is 21.2. The van der Waals surface area contributed by atoms with Gasteiger partial charge in [-0.1, -0.05) is 78.9 Å². The molecule has 0 fully saturated rings. The van der Waals surface area contributed by atoms with Gasteiger partial charge >= 0.3 is 0 Å². The maximum Gasteiger partial charge on any atom is 0.0712 e. The topological polar surface area (TPSA) is 12.9 Å². The SMILES string of the molecule is C1=CC(c2cc(-c3ccc4c(c3)CCC=C4)nc3c2=CCC(c2ccccc2)C=3)CCC1. The molecule has 0 amide bonds. The van der Waals surface area contributed by atoms with Gasteiger partial charge in [0.2, 0.25) is 0 Å². The first-order chi connectivity index (χ1) is 15.8. The molecule has 2 unspecified atom stereocenters. The smallest absolute Gasteiger partial charge is 0.0712 e. The van der Waals surface area contributed by atoms with E-state index < -0.39 is 0 Å². The molecule has 3 aromatic rings. The molecule has 32 heavy (non-hydrogen) atoms. The van der Waals surface area contributed by atoms with E-state index in [1.54, 1.807) is 0 Å². The van der Waals surface area contributed by atoms with E-state index in [1.807, 2.05) is 0 Å². The predicted octanol–water partition coefficient (Wildman–Crippen LogP) is 6.28. The lowest BCUT2D eigenvalue weighted by atomic mass is 9.84. The third-order valence-corrected chi connectivity index (χ3v) is 7.25. The van der Waals surface area contributed by atoms with E-state index in [-0.39, 0.29) is 0 Å². The number of aromatic nitrogens is 1. The summed E-state index contributed by atoms with van der Waals surface area (Å²) in [5.74, 6) is 0.896. The lowest BCUT2D eigenvalue weighted by Crippen LogP contribution is -2.36. The van der Waals surface area contributed by atoms with Gasteiger partial charge < -0.3 is 0 Å². The van der Waals surface area contributed by atoms with Gasteiger partial charge in [0.15, 0.2) is 0 Å². The molecular formula is C31H29N. The monoisotopic (exact) mass is 415 g/mol. The minimum Gasteiger partial charge on any atom is -0.248 e. The molecule has 3 aliphatic rings. The van der Waals surface area contributed by atoms with E-state index in [0.29, 0.717) is 11.8 Å². The van der Waals surface area contributed by atoms with Gasteiger partial charge in [0, 0.05) is 17.4 Å². The predicted molar refractivity (Wildman–Crippen MR) is 135 cm³/mol. The highest BCUT2D eigenvalue weighted by atomic mass is 14.7. The maximum absolute atomic E-state index is 5.23. The Kier molecular flexibility index (Phi) is 5.11. The van der Waals surface area contributed by atoms with Crippen molar-refractivity contribution < 1.29 is 0 Å². The van der Waals surface area contributed by atoms with E-state index in [0.717, 1.165) is 30.3 Å². The molecule has 0 bridgehead atoms. The van der Waals surface area contributed by atoms with Crippen LogP contribution in [0.4, 0.5) is 0 Å². The minimum absolute atomic E-state index is 0.398. The summed E-state index contributed by atoms with van der Waals surface area (Å²) in [6.45, 7) is 0. The molecule has 2 atom stereocenters. The summed E-state index contributed by atoms with van der Waals surface area (Å²) in [7, 11) is 0. The molecule has 0 N–H and O–H groups in total. The number of rotatable bonds is 3. The first kappa shape index (κ1) is 19.5. The van der Waals surface area contributed by atoms with Gasteiger partial charge in [0.1, 0.15) is 0 Å². The molecular weight excluding hydrogens is 386 g/mol. The number of fused-ring (bicyclic) bond motifs is 2. The molecule has 1 nitrogen and oxygen atoms in total. The Hall–Kier alpha value is -3.19. The molecule has 0 radical (unpaired) electrons. The summed E-state index contributed by atoms with van der Waals surface area (Å²) in [6, 6.07) is 20.1. The fraction of sp³-hybridized carbons (Fsp3) is 0.258. The Bertz CT molecular complexity index is 1330. The molecule has 1 heteroatoms. The molecule has 3 aliphatic carbocycles. The normalized spacial score (nSPS) is 21.2. The van der Waals surface area contributed by atoms with Gasteiger partial charge in [-0.3, -0.25) is 0 Å². The van der Waals surface area contributed by atoms with Gasteiger partial charge in [-0.05, 0) is 78.1 Å². The first-order valence-electron chi connectivity index (χ1n) is 12.1. The second-order valence-electron chi connectivity index (χ2n) is 9.34. The molecule has 1 aromatic heterocycles. The number of benzene rings is 2. The van der Waals surface area contributed by atoms with E-state index in [1.165, 1.54) is 52.3 Å². The Labute approximate surface area is 190 Å². The Morgan fingerprint density at radius 1 is 0.875 bits per heavy atom. The number of hydrogen-bond acceptors (Lipinski definition) is 1. The molecule has 1 heterocycles. The summed E-state index contributed by atoms with van der Waals surface area (Å²) in [4.78, 5) is 5.23. The zero-order valence-electron chi connectivity index (χ0n) is 18.5. The van der Waals surface area contributed by atoms with Crippen LogP contribution in [0.25, 0.3) is 29.5 Å². The standard InChI is InChI=1S/C31H29N/c1-3-9-22(10-4-1)26-17-18-28-29(24-12-5-2-6-13-24)21-30(32-31(28)20-26)27-16-15-23-11-7-8-14-25(23)19-27/h1,3-5,7,9-12,15-16,18-21,24,26H,2,6,8,13-14,17H2. The van der Waals surface area contributed by atoms with Crippen molar-refractivity contribution in [1.82, 2.24) is 4.98 Å². The highest BCUT2D eigenvalue weighted by Crippen LogP contribution is 2.30. The minimum atomic E-state index is 0.398. The lowest BCUT2D eigenvalue weighted by molar-refractivity contribution is 0.650. The molecule has 0 aliphatic heterocycles. The fourth-order valence-electron chi connectivity index (χ4n) is 5.50. The van der Waals surface area contributed by atoms with Crippen LogP contribution in [0.5, 0.6) is 0 Å². The van der Waals surface area contributed by atoms with Crippen molar-refractivity contribution in [1.29, 1.82) is 0 Å². The largest absolute Gasteiger partial charge is 0.248 e. The third kappa shape index (κ3) is 3.66. The third-order valence-electron chi connectivity index (χ3n) is 7.25. The summed E-state index contributed by atoms with van der Waals surface area (Å²) in [5.41, 5.74) is 8.01. The summed E-state index contributed by atoms with van der Waals surface area (Å²) < 4.78 is 0. The van der Waals surface area contributed by atoms with Crippen molar-refractivity contribution in [3.63, 3.8) is 0 Å². The van der Waals surface area contributed by atoms with Gasteiger partial charge in [0.25, 0.3) is 0 Å². The Balaban J connectivity index is 1.52. The van der Waals surface area contributed by atoms with Crippen LogP contribution in [0.15, 0.2) is 72.8 Å². The first-order valence-corrected chi connectivity index (χ1v) is 12.1. The number of hydrogen-bond donors (Lipinski definition) is 0. The van der Waals surface area contributed by atoms with Crippen LogP contribution in [-0.2, 0) is 6.42 Å². The summed E-state index contributed by atoms with van der Waals surface area (Å²) in [5, 5.41) is 2.52. The van der Waals surface area contributed by atoms with Crippen molar-refractivity contribution in [3.8, 4) is 11.3 Å². The molecule has 2 aromatic carbocycles. The second-order valence-corrected chi connectivity index (χ2v) is 9.34. The van der Waals surface area contributed by atoms with Crippen LogP contribution in [0.3, 0.4) is 0 Å². The van der Waals surface area contributed by atoms with E-state index >= 15 is 0 Å². The van der Waals surface area contributed by atoms with Crippen molar-refractivity contribution >= 4 is 18.2 Å². The highest BCUT2D eigenvalue weighted by Gasteiger charge is 2.19. The van der Waals surface area contributed by atoms with Crippen molar-refractivity contribution in [2.75, 3.05) is 0 Å². The average molecular weight is 416 g/mol. The Morgan fingerprint density at radius 2 is 1.81 bits per heavy atom. The van der Waals surface area contributed by atoms with Gasteiger partial charge in [-0.25, -0.2) is 4.98 Å². The maximum atomic E-state index is 5.23. The Morgan fingerprint density at radius 3 is 2.69 bits per heavy atom. The fourth-order valence-corrected chi connectivity index (χ4v) is 5.50. The van der Waals surface area contributed by atoms with Crippen LogP contribution in [0.1, 0.15) is 66.2 Å². The molecule has 0 saturated heterocycles. The molecule has 158 valence electrons. The van der Waals surface area contributed by atoms with E-state index in [4.69, 9.17) is 4.98 Å². The number of aryl methyl sites for hydroxylation is 1. The second kappa shape index (κ2) is 8.39. The summed E-state index contributed by atoms with van der Waals surface area (Å²) >= 11 is 0. The highest BCUT2D eigenvalue weighted by molar-refractivity contribution is 5.67. The van der Waals surface area contributed by atoms with Crippen LogP contribution < -0.4 is 10.6 Å². The van der Waals surface area contributed by atoms with Crippen molar-refractivity contribution in [2.24, 2.45) is 0 Å². The zero-order chi connectivity index (χ0) is 21.3. The zero-order valence-corrected chi connectivity index (χ0v) is 18.5.